The highest BCUT2D eigenvalue weighted by atomic mass is 16.5. The lowest BCUT2D eigenvalue weighted by molar-refractivity contribution is 0.0526. The maximum atomic E-state index is 11.9. The Morgan fingerprint density at radius 1 is 1.04 bits per heavy atom. The molecule has 0 aliphatic rings. The van der Waals surface area contributed by atoms with Gasteiger partial charge in [-0.2, -0.15) is 0 Å². The summed E-state index contributed by atoms with van der Waals surface area (Å²) in [7, 11) is 1.64. The van der Waals surface area contributed by atoms with Crippen molar-refractivity contribution >= 4 is 5.97 Å². The molecular formula is C22H25N3O3. The Hall–Kier alpha value is -3.15. The number of aromatic nitrogens is 3. The van der Waals surface area contributed by atoms with Gasteiger partial charge in [0.2, 0.25) is 0 Å². The topological polar surface area (TPSA) is 66.2 Å². The Morgan fingerprint density at radius 2 is 1.75 bits per heavy atom. The van der Waals surface area contributed by atoms with Crippen LogP contribution in [0.4, 0.5) is 0 Å². The summed E-state index contributed by atoms with van der Waals surface area (Å²) in [6, 6.07) is 15.1. The molecule has 0 aliphatic carbocycles. The van der Waals surface area contributed by atoms with Crippen LogP contribution in [-0.4, -0.2) is 34.7 Å². The number of hydrogen-bond donors (Lipinski definition) is 0. The molecule has 0 N–H and O–H groups in total. The largest absolute Gasteiger partial charge is 0.497 e. The molecule has 0 unspecified atom stereocenters. The maximum absolute atomic E-state index is 11.9. The molecule has 0 atom stereocenters. The highest BCUT2D eigenvalue weighted by Gasteiger charge is 2.17. The van der Waals surface area contributed by atoms with Crippen LogP contribution < -0.4 is 4.74 Å². The van der Waals surface area contributed by atoms with E-state index in [4.69, 9.17) is 9.47 Å². The van der Waals surface area contributed by atoms with E-state index in [1.54, 1.807) is 26.2 Å². The van der Waals surface area contributed by atoms with E-state index in [1.165, 1.54) is 0 Å². The number of carbonyl (C=O) groups excluding carboxylic acids is 1. The molecule has 0 spiro atoms. The van der Waals surface area contributed by atoms with Crippen molar-refractivity contribution in [2.75, 3.05) is 13.7 Å². The molecule has 0 saturated heterocycles. The molecule has 6 heteroatoms. The van der Waals surface area contributed by atoms with Gasteiger partial charge in [0, 0.05) is 5.56 Å². The van der Waals surface area contributed by atoms with Gasteiger partial charge in [0.1, 0.15) is 5.75 Å². The van der Waals surface area contributed by atoms with Gasteiger partial charge in [-0.1, -0.05) is 30.7 Å². The van der Waals surface area contributed by atoms with Gasteiger partial charge >= 0.3 is 5.97 Å². The number of hydrogen-bond acceptors (Lipinski definition) is 5. The van der Waals surface area contributed by atoms with Gasteiger partial charge in [-0.05, 0) is 56.2 Å². The van der Waals surface area contributed by atoms with Crippen molar-refractivity contribution in [2.45, 2.75) is 33.1 Å². The van der Waals surface area contributed by atoms with E-state index in [0.717, 1.165) is 47.7 Å². The van der Waals surface area contributed by atoms with Gasteiger partial charge in [-0.15, -0.1) is 5.10 Å². The molecule has 28 heavy (non-hydrogen) atoms. The summed E-state index contributed by atoms with van der Waals surface area (Å²) in [5.41, 5.74) is 4.28. The average Bonchev–Trinajstić information content (AvgIpc) is 3.16. The lowest BCUT2D eigenvalue weighted by atomic mass is 10.0. The minimum Gasteiger partial charge on any atom is -0.497 e. The average molecular weight is 379 g/mol. The second-order valence-corrected chi connectivity index (χ2v) is 6.40. The Kier molecular flexibility index (Phi) is 6.42. The Bertz CT molecular complexity index is 915. The van der Waals surface area contributed by atoms with Crippen molar-refractivity contribution in [1.29, 1.82) is 0 Å². The minimum atomic E-state index is -0.318. The van der Waals surface area contributed by atoms with Crippen molar-refractivity contribution in [3.05, 3.63) is 59.8 Å². The molecule has 0 bridgehead atoms. The standard InChI is InChI=1S/C22H25N3O3/c1-4-6-7-20-21(16-8-10-17(11-9-16)22(26)28-5-2)25(24-23-20)18-12-14-19(27-3)15-13-18/h8-15H,4-7H2,1-3H3. The van der Waals surface area contributed by atoms with E-state index in [9.17, 15) is 4.79 Å². The van der Waals surface area contributed by atoms with Crippen molar-refractivity contribution < 1.29 is 14.3 Å². The van der Waals surface area contributed by atoms with Gasteiger partial charge in [0.15, 0.2) is 0 Å². The molecule has 1 heterocycles. The van der Waals surface area contributed by atoms with Crippen LogP contribution in [0, 0.1) is 0 Å². The molecule has 0 aliphatic heterocycles. The number of unbranched alkanes of at least 4 members (excludes halogenated alkanes) is 1. The van der Waals surface area contributed by atoms with E-state index in [2.05, 4.69) is 17.2 Å². The van der Waals surface area contributed by atoms with Crippen LogP contribution in [0.2, 0.25) is 0 Å². The fourth-order valence-corrected chi connectivity index (χ4v) is 3.00. The van der Waals surface area contributed by atoms with E-state index in [-0.39, 0.29) is 5.97 Å². The normalized spacial score (nSPS) is 10.7. The van der Waals surface area contributed by atoms with Gasteiger partial charge < -0.3 is 9.47 Å². The van der Waals surface area contributed by atoms with E-state index >= 15 is 0 Å². The van der Waals surface area contributed by atoms with Crippen molar-refractivity contribution in [3.63, 3.8) is 0 Å². The van der Waals surface area contributed by atoms with Crippen LogP contribution in [0.15, 0.2) is 48.5 Å². The fourth-order valence-electron chi connectivity index (χ4n) is 3.00. The van der Waals surface area contributed by atoms with Crippen LogP contribution in [0.1, 0.15) is 42.7 Å². The van der Waals surface area contributed by atoms with E-state index in [1.807, 2.05) is 41.1 Å². The molecule has 1 aromatic heterocycles. The quantitative estimate of drug-likeness (QED) is 0.541. The number of carbonyl (C=O) groups is 1. The number of benzene rings is 2. The Labute approximate surface area is 165 Å². The first-order chi connectivity index (χ1) is 13.7. The Balaban J connectivity index is 2.01. The molecule has 3 rings (SSSR count). The summed E-state index contributed by atoms with van der Waals surface area (Å²) in [6.07, 6.45) is 2.97. The summed E-state index contributed by atoms with van der Waals surface area (Å²) in [6.45, 7) is 4.31. The monoisotopic (exact) mass is 379 g/mol. The molecule has 0 radical (unpaired) electrons. The van der Waals surface area contributed by atoms with Crippen LogP contribution in [0.5, 0.6) is 5.75 Å². The first kappa shape index (κ1) is 19.6. The van der Waals surface area contributed by atoms with Crippen molar-refractivity contribution in [3.8, 4) is 22.7 Å². The lowest BCUT2D eigenvalue weighted by Crippen LogP contribution is -2.05. The van der Waals surface area contributed by atoms with Gasteiger partial charge in [0.05, 0.1) is 36.4 Å². The molecule has 146 valence electrons. The van der Waals surface area contributed by atoms with Crippen molar-refractivity contribution in [2.24, 2.45) is 0 Å². The van der Waals surface area contributed by atoms with E-state index < -0.39 is 0 Å². The second-order valence-electron chi connectivity index (χ2n) is 6.40. The first-order valence-electron chi connectivity index (χ1n) is 9.54. The summed E-state index contributed by atoms with van der Waals surface area (Å²) in [5, 5.41) is 8.82. The highest BCUT2D eigenvalue weighted by Crippen LogP contribution is 2.27. The molecular weight excluding hydrogens is 354 g/mol. The van der Waals surface area contributed by atoms with Gasteiger partial charge in [-0.25, -0.2) is 9.48 Å². The third kappa shape index (κ3) is 4.22. The zero-order chi connectivity index (χ0) is 19.9. The number of ether oxygens (including phenoxy) is 2. The van der Waals surface area contributed by atoms with Crippen LogP contribution in [0.25, 0.3) is 16.9 Å². The summed E-state index contributed by atoms with van der Waals surface area (Å²) >= 11 is 0. The van der Waals surface area contributed by atoms with Crippen LogP contribution in [0.3, 0.4) is 0 Å². The van der Waals surface area contributed by atoms with Crippen molar-refractivity contribution in [1.82, 2.24) is 15.0 Å². The number of rotatable bonds is 8. The lowest BCUT2D eigenvalue weighted by Gasteiger charge is -2.10. The van der Waals surface area contributed by atoms with Crippen LogP contribution >= 0.6 is 0 Å². The van der Waals surface area contributed by atoms with E-state index in [0.29, 0.717) is 12.2 Å². The zero-order valence-corrected chi connectivity index (χ0v) is 16.5. The van der Waals surface area contributed by atoms with Gasteiger partial charge in [-0.3, -0.25) is 0 Å². The number of esters is 1. The first-order valence-corrected chi connectivity index (χ1v) is 9.54. The van der Waals surface area contributed by atoms with Crippen LogP contribution in [-0.2, 0) is 11.2 Å². The molecule has 0 fully saturated rings. The SMILES string of the molecule is CCCCc1nnn(-c2ccc(OC)cc2)c1-c1ccc(C(=O)OCC)cc1. The third-order valence-corrected chi connectivity index (χ3v) is 4.49. The molecule has 0 amide bonds. The summed E-state index contributed by atoms with van der Waals surface area (Å²) in [5.74, 6) is 0.470. The summed E-state index contributed by atoms with van der Waals surface area (Å²) in [4.78, 5) is 11.9. The number of methoxy groups -OCH3 is 1. The molecule has 2 aromatic carbocycles. The van der Waals surface area contributed by atoms with Gasteiger partial charge in [0.25, 0.3) is 0 Å². The molecule has 6 nitrogen and oxygen atoms in total. The fraction of sp³-hybridized carbons (Fsp3) is 0.318. The molecule has 0 saturated carbocycles. The predicted molar refractivity (Wildman–Crippen MR) is 108 cm³/mol. The Morgan fingerprint density at radius 3 is 2.36 bits per heavy atom. The number of aryl methyl sites for hydroxylation is 1. The predicted octanol–water partition coefficient (Wildman–Crippen LogP) is 4.46. The smallest absolute Gasteiger partial charge is 0.338 e. The minimum absolute atomic E-state index is 0.318. The summed E-state index contributed by atoms with van der Waals surface area (Å²) < 4.78 is 12.2. The highest BCUT2D eigenvalue weighted by molar-refractivity contribution is 5.90. The zero-order valence-electron chi connectivity index (χ0n) is 16.5. The maximum Gasteiger partial charge on any atom is 0.338 e. The third-order valence-electron chi connectivity index (χ3n) is 4.49. The number of nitrogens with zero attached hydrogens (tertiary/aromatic N) is 3. The molecule has 3 aromatic rings. The second kappa shape index (κ2) is 9.17.